The quantitative estimate of drug-likeness (QED) is 0.554. The molecule has 1 N–H and O–H groups in total. The van der Waals surface area contributed by atoms with Crippen molar-refractivity contribution in [2.45, 2.75) is 32.7 Å². The number of unbranched alkanes of at least 4 members (excludes halogenated alkanes) is 1. The Morgan fingerprint density at radius 2 is 2.36 bits per heavy atom. The van der Waals surface area contributed by atoms with Gasteiger partial charge in [0.15, 0.2) is 0 Å². The fourth-order valence-electron chi connectivity index (χ4n) is 1.35. The first-order chi connectivity index (χ1) is 6.74. The first-order valence-electron chi connectivity index (χ1n) is 5.14. The zero-order valence-electron chi connectivity index (χ0n) is 9.05. The number of rotatable bonds is 6. The van der Waals surface area contributed by atoms with Crippen LogP contribution in [0.2, 0.25) is 0 Å². The van der Waals surface area contributed by atoms with Crippen LogP contribution in [0.25, 0.3) is 0 Å². The summed E-state index contributed by atoms with van der Waals surface area (Å²) in [5.41, 5.74) is 0. The van der Waals surface area contributed by atoms with Gasteiger partial charge in [-0.1, -0.05) is 6.08 Å². The van der Waals surface area contributed by atoms with Crippen molar-refractivity contribution in [3.63, 3.8) is 0 Å². The highest BCUT2D eigenvalue weighted by molar-refractivity contribution is 5.08. The van der Waals surface area contributed by atoms with Crippen LogP contribution in [0.5, 0.6) is 0 Å². The van der Waals surface area contributed by atoms with Gasteiger partial charge in [-0.25, -0.2) is 0 Å². The monoisotopic (exact) mass is 193 g/mol. The van der Waals surface area contributed by atoms with Crippen LogP contribution >= 0.6 is 0 Å². The minimum Gasteiger partial charge on any atom is -0.465 e. The second kappa shape index (κ2) is 5.66. The average Bonchev–Trinajstić information content (AvgIpc) is 2.59. The molecular weight excluding hydrogens is 174 g/mol. The van der Waals surface area contributed by atoms with Crippen LogP contribution in [-0.2, 0) is 0 Å². The maximum Gasteiger partial charge on any atom is 0.120 e. The lowest BCUT2D eigenvalue weighted by molar-refractivity contribution is 0.415. The van der Waals surface area contributed by atoms with Crippen molar-refractivity contribution in [3.8, 4) is 0 Å². The summed E-state index contributed by atoms with van der Waals surface area (Å²) in [6, 6.07) is 4.33. The Balaban J connectivity index is 2.28. The zero-order valence-corrected chi connectivity index (χ0v) is 9.05. The van der Waals surface area contributed by atoms with Gasteiger partial charge in [0.2, 0.25) is 0 Å². The predicted molar refractivity (Wildman–Crippen MR) is 59.3 cm³/mol. The van der Waals surface area contributed by atoms with Crippen LogP contribution in [0, 0.1) is 6.92 Å². The molecule has 0 fully saturated rings. The molecule has 1 heterocycles. The average molecular weight is 193 g/mol. The summed E-state index contributed by atoms with van der Waals surface area (Å²) in [6.07, 6.45) is 4.15. The Kier molecular flexibility index (Phi) is 4.47. The van der Waals surface area contributed by atoms with Gasteiger partial charge >= 0.3 is 0 Å². The van der Waals surface area contributed by atoms with Gasteiger partial charge in [0.1, 0.15) is 11.5 Å². The highest BCUT2D eigenvalue weighted by Gasteiger charge is 2.07. The molecule has 78 valence electrons. The van der Waals surface area contributed by atoms with Gasteiger partial charge in [-0.3, -0.25) is 0 Å². The molecule has 0 amide bonds. The SMILES string of the molecule is C=CCCCNC(C)c1ccc(C)o1. The highest BCUT2D eigenvalue weighted by Crippen LogP contribution is 2.15. The third-order valence-electron chi connectivity index (χ3n) is 2.22. The molecule has 1 atom stereocenters. The van der Waals surface area contributed by atoms with Crippen molar-refractivity contribution in [1.82, 2.24) is 5.32 Å². The molecule has 1 rings (SSSR count). The normalized spacial score (nSPS) is 12.7. The molecule has 0 radical (unpaired) electrons. The standard InChI is InChI=1S/C12H19NO/c1-4-5-6-9-13-11(3)12-8-7-10(2)14-12/h4,7-8,11,13H,1,5-6,9H2,2-3H3. The van der Waals surface area contributed by atoms with Crippen LogP contribution in [0.15, 0.2) is 29.2 Å². The lowest BCUT2D eigenvalue weighted by atomic mass is 10.2. The highest BCUT2D eigenvalue weighted by atomic mass is 16.3. The van der Waals surface area contributed by atoms with Crippen LogP contribution in [0.4, 0.5) is 0 Å². The van der Waals surface area contributed by atoms with E-state index in [9.17, 15) is 0 Å². The zero-order chi connectivity index (χ0) is 10.4. The molecular formula is C12H19NO. The Bertz CT molecular complexity index is 278. The van der Waals surface area contributed by atoms with E-state index in [1.807, 2.05) is 25.1 Å². The van der Waals surface area contributed by atoms with E-state index < -0.39 is 0 Å². The fourth-order valence-corrected chi connectivity index (χ4v) is 1.35. The second-order valence-electron chi connectivity index (χ2n) is 3.56. The van der Waals surface area contributed by atoms with Crippen molar-refractivity contribution >= 4 is 0 Å². The van der Waals surface area contributed by atoms with Crippen molar-refractivity contribution in [3.05, 3.63) is 36.3 Å². The molecule has 1 aromatic rings. The van der Waals surface area contributed by atoms with Crippen LogP contribution in [0.3, 0.4) is 0 Å². The lowest BCUT2D eigenvalue weighted by Crippen LogP contribution is -2.19. The summed E-state index contributed by atoms with van der Waals surface area (Å²) in [6.45, 7) is 8.78. The summed E-state index contributed by atoms with van der Waals surface area (Å²) in [5.74, 6) is 1.99. The third kappa shape index (κ3) is 3.38. The molecule has 2 nitrogen and oxygen atoms in total. The van der Waals surface area contributed by atoms with Gasteiger partial charge in [-0.05, 0) is 45.4 Å². The van der Waals surface area contributed by atoms with E-state index >= 15 is 0 Å². The number of nitrogens with one attached hydrogen (secondary N) is 1. The molecule has 1 aromatic heterocycles. The number of hydrogen-bond acceptors (Lipinski definition) is 2. The molecule has 0 aliphatic rings. The Morgan fingerprint density at radius 3 is 2.93 bits per heavy atom. The largest absolute Gasteiger partial charge is 0.465 e. The Morgan fingerprint density at radius 1 is 1.57 bits per heavy atom. The van der Waals surface area contributed by atoms with Crippen molar-refractivity contribution in [1.29, 1.82) is 0 Å². The van der Waals surface area contributed by atoms with E-state index in [-0.39, 0.29) is 0 Å². The first-order valence-corrected chi connectivity index (χ1v) is 5.14. The minimum atomic E-state index is 0.300. The number of allylic oxidation sites excluding steroid dienone is 1. The molecule has 0 bridgehead atoms. The van der Waals surface area contributed by atoms with E-state index in [1.54, 1.807) is 0 Å². The molecule has 0 aromatic carbocycles. The Hall–Kier alpha value is -1.02. The van der Waals surface area contributed by atoms with E-state index in [4.69, 9.17) is 4.42 Å². The minimum absolute atomic E-state index is 0.300. The molecule has 14 heavy (non-hydrogen) atoms. The molecule has 2 heteroatoms. The van der Waals surface area contributed by atoms with Crippen LogP contribution in [-0.4, -0.2) is 6.54 Å². The summed E-state index contributed by atoms with van der Waals surface area (Å²) in [4.78, 5) is 0. The number of hydrogen-bond donors (Lipinski definition) is 1. The lowest BCUT2D eigenvalue weighted by Gasteiger charge is -2.10. The third-order valence-corrected chi connectivity index (χ3v) is 2.22. The smallest absolute Gasteiger partial charge is 0.120 e. The van der Waals surface area contributed by atoms with E-state index in [0.717, 1.165) is 30.9 Å². The summed E-state index contributed by atoms with van der Waals surface area (Å²) >= 11 is 0. The first kappa shape index (κ1) is 11.1. The van der Waals surface area contributed by atoms with Crippen molar-refractivity contribution in [2.24, 2.45) is 0 Å². The predicted octanol–water partition coefficient (Wildman–Crippen LogP) is 3.20. The van der Waals surface area contributed by atoms with Gasteiger partial charge in [-0.2, -0.15) is 0 Å². The van der Waals surface area contributed by atoms with Crippen molar-refractivity contribution in [2.75, 3.05) is 6.54 Å². The fraction of sp³-hybridized carbons (Fsp3) is 0.500. The summed E-state index contributed by atoms with van der Waals surface area (Å²) in [5, 5.41) is 3.41. The number of aryl methyl sites for hydroxylation is 1. The topological polar surface area (TPSA) is 25.2 Å². The maximum atomic E-state index is 5.52. The van der Waals surface area contributed by atoms with Gasteiger partial charge in [0.25, 0.3) is 0 Å². The molecule has 0 aliphatic carbocycles. The Labute approximate surface area is 86.0 Å². The molecule has 0 spiro atoms. The van der Waals surface area contributed by atoms with Gasteiger partial charge < -0.3 is 9.73 Å². The van der Waals surface area contributed by atoms with Gasteiger partial charge in [-0.15, -0.1) is 6.58 Å². The van der Waals surface area contributed by atoms with Crippen LogP contribution in [0.1, 0.15) is 37.3 Å². The molecule has 0 saturated heterocycles. The summed E-state index contributed by atoms with van der Waals surface area (Å²) in [7, 11) is 0. The van der Waals surface area contributed by atoms with Crippen LogP contribution < -0.4 is 5.32 Å². The second-order valence-corrected chi connectivity index (χ2v) is 3.56. The van der Waals surface area contributed by atoms with E-state index in [2.05, 4.69) is 18.8 Å². The maximum absolute atomic E-state index is 5.52. The number of furan rings is 1. The van der Waals surface area contributed by atoms with E-state index in [1.165, 1.54) is 0 Å². The van der Waals surface area contributed by atoms with Gasteiger partial charge in [0, 0.05) is 0 Å². The molecule has 1 unspecified atom stereocenters. The van der Waals surface area contributed by atoms with E-state index in [0.29, 0.717) is 6.04 Å². The summed E-state index contributed by atoms with van der Waals surface area (Å²) < 4.78 is 5.52. The van der Waals surface area contributed by atoms with Gasteiger partial charge in [0.05, 0.1) is 6.04 Å². The molecule has 0 saturated carbocycles. The molecule has 0 aliphatic heterocycles. The van der Waals surface area contributed by atoms with Crippen molar-refractivity contribution < 1.29 is 4.42 Å².